The second kappa shape index (κ2) is 9.59. The summed E-state index contributed by atoms with van der Waals surface area (Å²) in [6.45, 7) is 7.49. The van der Waals surface area contributed by atoms with Crippen LogP contribution in [0.25, 0.3) is 11.1 Å². The molecule has 3 aromatic rings. The van der Waals surface area contributed by atoms with E-state index in [1.165, 1.54) is 53.6 Å². The Balaban J connectivity index is 1.31. The minimum atomic E-state index is 0.381. The number of nitrogens with one attached hydrogen (secondary N) is 1. The third-order valence-electron chi connectivity index (χ3n) is 6.66. The van der Waals surface area contributed by atoms with Crippen LogP contribution in [0, 0.1) is 12.8 Å². The molecule has 4 nitrogen and oxygen atoms in total. The Morgan fingerprint density at radius 1 is 1.06 bits per heavy atom. The molecule has 0 spiro atoms. The monoisotopic (exact) mass is 417 g/mol. The van der Waals surface area contributed by atoms with Gasteiger partial charge >= 0.3 is 0 Å². The van der Waals surface area contributed by atoms with Crippen molar-refractivity contribution in [1.29, 1.82) is 0 Å². The lowest BCUT2D eigenvalue weighted by Crippen LogP contribution is -2.20. The van der Waals surface area contributed by atoms with Gasteiger partial charge in [0.25, 0.3) is 0 Å². The van der Waals surface area contributed by atoms with E-state index in [-0.39, 0.29) is 0 Å². The first-order chi connectivity index (χ1) is 15.0. The van der Waals surface area contributed by atoms with Gasteiger partial charge in [-0.15, -0.1) is 0 Å². The van der Waals surface area contributed by atoms with E-state index in [2.05, 4.69) is 79.8 Å². The molecule has 1 heterocycles. The Hall–Kier alpha value is -2.75. The summed E-state index contributed by atoms with van der Waals surface area (Å²) in [7, 11) is 1.74. The van der Waals surface area contributed by atoms with Gasteiger partial charge in [0.1, 0.15) is 5.75 Å². The summed E-state index contributed by atoms with van der Waals surface area (Å²) in [4.78, 5) is 0. The molecule has 1 N–H and O–H groups in total. The van der Waals surface area contributed by atoms with E-state index in [9.17, 15) is 0 Å². The molecule has 31 heavy (non-hydrogen) atoms. The van der Waals surface area contributed by atoms with Crippen LogP contribution in [0.5, 0.6) is 5.75 Å². The number of hydrogen-bond acceptors (Lipinski definition) is 3. The number of ether oxygens (including phenoxy) is 1. The van der Waals surface area contributed by atoms with Gasteiger partial charge < -0.3 is 10.1 Å². The highest BCUT2D eigenvalue weighted by Crippen LogP contribution is 2.37. The predicted molar refractivity (Wildman–Crippen MR) is 129 cm³/mol. The summed E-state index contributed by atoms with van der Waals surface area (Å²) in [6.07, 6.45) is 9.19. The molecule has 4 rings (SSSR count). The van der Waals surface area contributed by atoms with Gasteiger partial charge in [-0.2, -0.15) is 5.10 Å². The van der Waals surface area contributed by atoms with Crippen molar-refractivity contribution in [2.45, 2.75) is 58.4 Å². The molecule has 0 atom stereocenters. The summed E-state index contributed by atoms with van der Waals surface area (Å²) in [5.41, 5.74) is 6.30. The first-order valence-corrected chi connectivity index (χ1v) is 11.6. The molecule has 164 valence electrons. The summed E-state index contributed by atoms with van der Waals surface area (Å²) < 4.78 is 7.43. The van der Waals surface area contributed by atoms with E-state index in [4.69, 9.17) is 4.74 Å². The molecule has 1 saturated carbocycles. The number of benzene rings is 2. The molecule has 1 aliphatic rings. The SMILES string of the molecule is COc1ccc(C2CCC(CNc3cccc(-c4cnn(C(C)C)c4)c3)CC2)cc1C. The topological polar surface area (TPSA) is 39.1 Å². The summed E-state index contributed by atoms with van der Waals surface area (Å²) >= 11 is 0. The second-order valence-corrected chi connectivity index (χ2v) is 9.21. The van der Waals surface area contributed by atoms with Gasteiger partial charge in [0, 0.05) is 30.0 Å². The molecule has 4 heteroatoms. The van der Waals surface area contributed by atoms with E-state index < -0.39 is 0 Å². The van der Waals surface area contributed by atoms with Crippen LogP contribution in [0.3, 0.4) is 0 Å². The fourth-order valence-electron chi connectivity index (χ4n) is 4.70. The van der Waals surface area contributed by atoms with Crippen molar-refractivity contribution in [2.75, 3.05) is 19.0 Å². The van der Waals surface area contributed by atoms with Gasteiger partial charge in [0.05, 0.1) is 13.3 Å². The Morgan fingerprint density at radius 2 is 1.87 bits per heavy atom. The maximum absolute atomic E-state index is 5.41. The van der Waals surface area contributed by atoms with Gasteiger partial charge in [-0.3, -0.25) is 4.68 Å². The molecule has 0 amide bonds. The van der Waals surface area contributed by atoms with Crippen molar-refractivity contribution in [1.82, 2.24) is 9.78 Å². The third kappa shape index (κ3) is 5.12. The fraction of sp³-hybridized carbons (Fsp3) is 0.444. The number of methoxy groups -OCH3 is 1. The van der Waals surface area contributed by atoms with Crippen molar-refractivity contribution in [3.05, 3.63) is 66.0 Å². The maximum atomic E-state index is 5.41. The lowest BCUT2D eigenvalue weighted by Gasteiger charge is -2.29. The summed E-state index contributed by atoms with van der Waals surface area (Å²) in [5, 5.41) is 8.17. The average Bonchev–Trinajstić information content (AvgIpc) is 3.29. The fourth-order valence-corrected chi connectivity index (χ4v) is 4.70. The van der Waals surface area contributed by atoms with Crippen molar-refractivity contribution in [3.63, 3.8) is 0 Å². The Bertz CT molecular complexity index is 999. The normalized spacial score (nSPS) is 18.9. The van der Waals surface area contributed by atoms with Gasteiger partial charge in [0.2, 0.25) is 0 Å². The Kier molecular flexibility index (Phi) is 6.64. The zero-order valence-electron chi connectivity index (χ0n) is 19.3. The molecule has 0 bridgehead atoms. The number of anilines is 1. The zero-order chi connectivity index (χ0) is 21.8. The molecule has 2 aromatic carbocycles. The van der Waals surface area contributed by atoms with Crippen LogP contribution in [0.1, 0.15) is 62.6 Å². The van der Waals surface area contributed by atoms with Crippen molar-refractivity contribution >= 4 is 5.69 Å². The van der Waals surface area contributed by atoms with E-state index in [1.807, 2.05) is 10.9 Å². The van der Waals surface area contributed by atoms with Crippen molar-refractivity contribution in [3.8, 4) is 16.9 Å². The molecular formula is C27H35N3O. The molecule has 1 fully saturated rings. The van der Waals surface area contributed by atoms with Gasteiger partial charge in [-0.05, 0) is 93.2 Å². The van der Waals surface area contributed by atoms with Crippen LogP contribution < -0.4 is 10.1 Å². The standard InChI is InChI=1S/C27H35N3O/c1-19(2)30-18-25(17-29-30)23-6-5-7-26(15-23)28-16-21-8-10-22(11-9-21)24-12-13-27(31-4)20(3)14-24/h5-7,12-15,17-19,21-22,28H,8-11,16H2,1-4H3. The van der Waals surface area contributed by atoms with Crippen molar-refractivity contribution < 1.29 is 4.74 Å². The van der Waals surface area contributed by atoms with E-state index >= 15 is 0 Å². The highest BCUT2D eigenvalue weighted by molar-refractivity contribution is 5.67. The number of aromatic nitrogens is 2. The van der Waals surface area contributed by atoms with Gasteiger partial charge in [-0.1, -0.05) is 24.3 Å². The summed E-state index contributed by atoms with van der Waals surface area (Å²) in [5.74, 6) is 2.41. The number of rotatable bonds is 7. The largest absolute Gasteiger partial charge is 0.496 e. The second-order valence-electron chi connectivity index (χ2n) is 9.21. The van der Waals surface area contributed by atoms with E-state index in [0.717, 1.165) is 18.2 Å². The molecule has 0 aliphatic heterocycles. The first kappa shape index (κ1) is 21.5. The minimum Gasteiger partial charge on any atom is -0.496 e. The highest BCUT2D eigenvalue weighted by atomic mass is 16.5. The van der Waals surface area contributed by atoms with Gasteiger partial charge in [0.15, 0.2) is 0 Å². The average molecular weight is 418 g/mol. The molecular weight excluding hydrogens is 382 g/mol. The molecule has 0 radical (unpaired) electrons. The van der Waals surface area contributed by atoms with Crippen LogP contribution >= 0.6 is 0 Å². The molecule has 1 aliphatic carbocycles. The van der Waals surface area contributed by atoms with Crippen LogP contribution in [-0.2, 0) is 0 Å². The maximum Gasteiger partial charge on any atom is 0.121 e. The molecule has 0 unspecified atom stereocenters. The van der Waals surface area contributed by atoms with Crippen LogP contribution in [0.15, 0.2) is 54.9 Å². The van der Waals surface area contributed by atoms with E-state index in [1.54, 1.807) is 7.11 Å². The lowest BCUT2D eigenvalue weighted by atomic mass is 9.78. The molecule has 0 saturated heterocycles. The zero-order valence-corrected chi connectivity index (χ0v) is 19.3. The lowest BCUT2D eigenvalue weighted by molar-refractivity contribution is 0.338. The van der Waals surface area contributed by atoms with Crippen LogP contribution in [0.2, 0.25) is 0 Å². The first-order valence-electron chi connectivity index (χ1n) is 11.6. The third-order valence-corrected chi connectivity index (χ3v) is 6.66. The Morgan fingerprint density at radius 3 is 2.55 bits per heavy atom. The molecule has 1 aromatic heterocycles. The number of hydrogen-bond donors (Lipinski definition) is 1. The predicted octanol–water partition coefficient (Wildman–Crippen LogP) is 6.83. The highest BCUT2D eigenvalue weighted by Gasteiger charge is 2.22. The minimum absolute atomic E-state index is 0.381. The van der Waals surface area contributed by atoms with E-state index in [0.29, 0.717) is 12.0 Å². The summed E-state index contributed by atoms with van der Waals surface area (Å²) in [6, 6.07) is 15.8. The number of nitrogens with zero attached hydrogens (tertiary/aromatic N) is 2. The van der Waals surface area contributed by atoms with Crippen LogP contribution in [-0.4, -0.2) is 23.4 Å². The van der Waals surface area contributed by atoms with Gasteiger partial charge in [-0.25, -0.2) is 0 Å². The van der Waals surface area contributed by atoms with Crippen molar-refractivity contribution in [2.24, 2.45) is 5.92 Å². The Labute approximate surface area is 186 Å². The quantitative estimate of drug-likeness (QED) is 0.458. The number of aryl methyl sites for hydroxylation is 1. The smallest absolute Gasteiger partial charge is 0.121 e. The van der Waals surface area contributed by atoms with Crippen LogP contribution in [0.4, 0.5) is 5.69 Å².